The van der Waals surface area contributed by atoms with Gasteiger partial charge in [0.1, 0.15) is 19.3 Å². The Kier molecular flexibility index (Phi) is 17.3. The van der Waals surface area contributed by atoms with E-state index >= 15 is 0 Å². The Balaban J connectivity index is 1.48. The molecule has 1 atom stereocenters. The molecule has 3 aromatic carbocycles. The minimum absolute atomic E-state index is 0.0470. The summed E-state index contributed by atoms with van der Waals surface area (Å²) in [6.07, 6.45) is 0.760. The Morgan fingerprint density at radius 2 is 1.08 bits per heavy atom. The van der Waals surface area contributed by atoms with Crippen molar-refractivity contribution in [2.75, 3.05) is 46.7 Å². The molecule has 0 saturated heterocycles. The molecule has 0 aromatic heterocycles. The van der Waals surface area contributed by atoms with Crippen LogP contribution >= 0.6 is 7.75 Å². The topological polar surface area (TPSA) is 183 Å². The Hall–Kier alpha value is -4.91. The normalized spacial score (nSPS) is 11.5. The number of carboxylic acid groups (broad SMARTS) is 1. The number of nitrogens with one attached hydrogen (secondary N) is 2. The zero-order valence-corrected chi connectivity index (χ0v) is 28.8. The summed E-state index contributed by atoms with van der Waals surface area (Å²) in [4.78, 5) is 37.2. The summed E-state index contributed by atoms with van der Waals surface area (Å²) in [5, 5.41) is 20.6. The van der Waals surface area contributed by atoms with Crippen molar-refractivity contribution in [3.05, 3.63) is 108 Å². The van der Waals surface area contributed by atoms with E-state index in [4.69, 9.17) is 33.4 Å². The van der Waals surface area contributed by atoms with Gasteiger partial charge in [-0.2, -0.15) is 0 Å². The highest BCUT2D eigenvalue weighted by atomic mass is 31.2. The molecule has 3 aromatic rings. The van der Waals surface area contributed by atoms with Gasteiger partial charge < -0.3 is 29.0 Å². The van der Waals surface area contributed by atoms with Crippen LogP contribution < -0.4 is 5.09 Å². The van der Waals surface area contributed by atoms with Gasteiger partial charge in [-0.1, -0.05) is 91.0 Å². The lowest BCUT2D eigenvalue weighted by molar-refractivity contribution is -0.141. The van der Waals surface area contributed by atoms with Crippen LogP contribution in [0, 0.1) is 5.41 Å². The predicted molar refractivity (Wildman–Crippen MR) is 184 cm³/mol. The molecule has 0 spiro atoms. The maximum atomic E-state index is 13.6. The molecule has 0 heterocycles. The van der Waals surface area contributed by atoms with E-state index in [0.717, 1.165) is 16.0 Å². The number of aliphatic carboxylic acids is 1. The van der Waals surface area contributed by atoms with E-state index in [9.17, 15) is 24.1 Å². The highest BCUT2D eigenvalue weighted by molar-refractivity contribution is 7.52. The number of rotatable bonds is 21. The zero-order chi connectivity index (χ0) is 36.0. The number of hydrogen-bond acceptors (Lipinski definition) is 11. The molecular formula is C35H44N3O11P. The minimum atomic E-state index is -4.40. The van der Waals surface area contributed by atoms with E-state index in [2.05, 4.69) is 5.09 Å². The van der Waals surface area contributed by atoms with Crippen LogP contribution in [0.3, 0.4) is 0 Å². The third kappa shape index (κ3) is 15.5. The first kappa shape index (κ1) is 39.5. The van der Waals surface area contributed by atoms with Crippen LogP contribution in [0.2, 0.25) is 0 Å². The summed E-state index contributed by atoms with van der Waals surface area (Å²) in [6, 6.07) is 27.0. The van der Waals surface area contributed by atoms with Crippen molar-refractivity contribution in [1.82, 2.24) is 9.99 Å². The van der Waals surface area contributed by atoms with Crippen molar-refractivity contribution in [1.29, 1.82) is 5.41 Å². The molecule has 0 radical (unpaired) electrons. The molecule has 0 aliphatic carbocycles. The number of benzene rings is 3. The number of guanidine groups is 1. The second kappa shape index (κ2) is 21.9. The lowest BCUT2D eigenvalue weighted by Gasteiger charge is -2.29. The van der Waals surface area contributed by atoms with Crippen LogP contribution in [0.5, 0.6) is 0 Å². The van der Waals surface area contributed by atoms with Crippen LogP contribution in [0.25, 0.3) is 0 Å². The first-order chi connectivity index (χ1) is 24.1. The van der Waals surface area contributed by atoms with Crippen molar-refractivity contribution >= 4 is 32.0 Å². The van der Waals surface area contributed by atoms with E-state index in [-0.39, 0.29) is 32.8 Å². The minimum Gasteiger partial charge on any atom is -0.480 e. The molecule has 0 aliphatic heterocycles. The molecule has 0 fully saturated rings. The molecule has 3 N–H and O–H groups in total. The Morgan fingerprint density at radius 3 is 1.50 bits per heavy atom. The molecule has 270 valence electrons. The smallest absolute Gasteiger partial charge is 0.480 e. The van der Waals surface area contributed by atoms with Crippen LogP contribution in [0.1, 0.15) is 29.5 Å². The van der Waals surface area contributed by atoms with E-state index in [1.807, 2.05) is 60.7 Å². The molecule has 1 unspecified atom stereocenters. The van der Waals surface area contributed by atoms with Gasteiger partial charge in [-0.05, 0) is 42.4 Å². The number of likely N-dealkylation sites (N-methyl/N-ethyl adjacent to an activating group) is 1. The van der Waals surface area contributed by atoms with Crippen LogP contribution in [-0.2, 0) is 56.6 Å². The van der Waals surface area contributed by atoms with Gasteiger partial charge in [0.05, 0.1) is 26.4 Å². The fourth-order valence-electron chi connectivity index (χ4n) is 4.49. The van der Waals surface area contributed by atoms with Crippen molar-refractivity contribution in [3.63, 3.8) is 0 Å². The molecule has 0 saturated carbocycles. The summed E-state index contributed by atoms with van der Waals surface area (Å²) in [7, 11) is -3.05. The van der Waals surface area contributed by atoms with Gasteiger partial charge >= 0.3 is 26.0 Å². The predicted octanol–water partition coefficient (Wildman–Crippen LogP) is 5.85. The first-order valence-corrected chi connectivity index (χ1v) is 17.6. The number of carbonyl (C=O) groups is 3. The zero-order valence-electron chi connectivity index (χ0n) is 27.9. The molecule has 50 heavy (non-hydrogen) atoms. The van der Waals surface area contributed by atoms with E-state index in [1.54, 1.807) is 30.3 Å². The fraction of sp³-hybridized carbons (Fsp3) is 0.371. The quantitative estimate of drug-likeness (QED) is 0.0393. The van der Waals surface area contributed by atoms with Gasteiger partial charge in [0.15, 0.2) is 0 Å². The number of carboxylic acids is 1. The van der Waals surface area contributed by atoms with Crippen molar-refractivity contribution < 1.29 is 52.1 Å². The first-order valence-electron chi connectivity index (χ1n) is 16.1. The Bertz CT molecular complexity index is 1440. The second-order valence-electron chi connectivity index (χ2n) is 10.9. The van der Waals surface area contributed by atoms with Gasteiger partial charge in [0.2, 0.25) is 5.96 Å². The summed E-state index contributed by atoms with van der Waals surface area (Å²) in [6.45, 7) is -1.34. The standard InChI is InChI=1S/C35H44N3O11P/c1-38(31(32(39)40)27-30-17-9-4-10-18-30)33(36)37-50(43,48-25-23-46-34(41)44-21-11-19-28-13-5-2-6-14-28)49-26-24-47-35(42)45-22-12-20-29-15-7-3-8-16-29/h2-10,13-18,31H,11-12,19-27H2,1H3,(H,39,40)(H2,36,37,43). The summed E-state index contributed by atoms with van der Waals surface area (Å²) in [5.41, 5.74) is 2.92. The van der Waals surface area contributed by atoms with E-state index < -0.39 is 51.2 Å². The maximum Gasteiger partial charge on any atom is 0.508 e. The second-order valence-corrected chi connectivity index (χ2v) is 12.6. The molecule has 15 heteroatoms. The fourth-order valence-corrected chi connectivity index (χ4v) is 5.75. The highest BCUT2D eigenvalue weighted by Crippen LogP contribution is 2.43. The highest BCUT2D eigenvalue weighted by Gasteiger charge is 2.32. The molecule has 0 amide bonds. The lowest BCUT2D eigenvalue weighted by atomic mass is 10.1. The summed E-state index contributed by atoms with van der Waals surface area (Å²) >= 11 is 0. The van der Waals surface area contributed by atoms with Crippen molar-refractivity contribution in [3.8, 4) is 0 Å². The molecule has 3 rings (SSSR count). The van der Waals surface area contributed by atoms with Gasteiger partial charge in [-0.3, -0.25) is 19.5 Å². The van der Waals surface area contributed by atoms with E-state index in [0.29, 0.717) is 31.2 Å². The molecular weight excluding hydrogens is 669 g/mol. The van der Waals surface area contributed by atoms with Crippen LogP contribution in [0.15, 0.2) is 91.0 Å². The van der Waals surface area contributed by atoms with Gasteiger partial charge in [0, 0.05) is 13.5 Å². The monoisotopic (exact) mass is 713 g/mol. The lowest BCUT2D eigenvalue weighted by Crippen LogP contribution is -2.48. The number of nitrogens with zero attached hydrogens (tertiary/aromatic N) is 1. The largest absolute Gasteiger partial charge is 0.508 e. The third-order valence-corrected chi connectivity index (χ3v) is 8.62. The van der Waals surface area contributed by atoms with Gasteiger partial charge in [-0.15, -0.1) is 0 Å². The SMILES string of the molecule is CN(C(=N)NP(=O)(OCCOC(=O)OCCCc1ccccc1)OCCOC(=O)OCCCc1ccccc1)C(Cc1ccccc1)C(=O)O. The van der Waals surface area contributed by atoms with Gasteiger partial charge in [0.25, 0.3) is 0 Å². The maximum absolute atomic E-state index is 13.6. The van der Waals surface area contributed by atoms with Crippen molar-refractivity contribution in [2.24, 2.45) is 0 Å². The number of ether oxygens (including phenoxy) is 4. The average Bonchev–Trinajstić information content (AvgIpc) is 3.12. The number of hydrogen-bond donors (Lipinski definition) is 3. The average molecular weight is 714 g/mol. The Morgan fingerprint density at radius 1 is 0.680 bits per heavy atom. The molecule has 14 nitrogen and oxygen atoms in total. The number of aryl methyl sites for hydroxylation is 2. The Labute approximate surface area is 291 Å². The summed E-state index contributed by atoms with van der Waals surface area (Å²) in [5.74, 6) is -1.79. The third-order valence-electron chi connectivity index (χ3n) is 7.09. The molecule has 0 bridgehead atoms. The van der Waals surface area contributed by atoms with Gasteiger partial charge in [-0.25, -0.2) is 18.9 Å². The van der Waals surface area contributed by atoms with Crippen LogP contribution in [-0.4, -0.2) is 87.0 Å². The van der Waals surface area contributed by atoms with Crippen molar-refractivity contribution in [2.45, 2.75) is 38.1 Å². The number of carbonyl (C=O) groups excluding carboxylic acids is 2. The summed E-state index contributed by atoms with van der Waals surface area (Å²) < 4.78 is 44.5. The van der Waals surface area contributed by atoms with Crippen LogP contribution in [0.4, 0.5) is 9.59 Å². The van der Waals surface area contributed by atoms with E-state index in [1.165, 1.54) is 7.05 Å². The molecule has 0 aliphatic rings.